The van der Waals surface area contributed by atoms with Crippen molar-refractivity contribution in [3.05, 3.63) is 71.3 Å². The van der Waals surface area contributed by atoms with Crippen molar-refractivity contribution in [3.63, 3.8) is 0 Å². The van der Waals surface area contributed by atoms with Gasteiger partial charge in [0.2, 0.25) is 0 Å². The van der Waals surface area contributed by atoms with Crippen LogP contribution in [-0.2, 0) is 0 Å². The summed E-state index contributed by atoms with van der Waals surface area (Å²) < 4.78 is 26.9. The molecule has 1 heterocycles. The van der Waals surface area contributed by atoms with Gasteiger partial charge in [-0.1, -0.05) is 38.1 Å². The molecule has 1 aliphatic heterocycles. The van der Waals surface area contributed by atoms with Gasteiger partial charge in [-0.3, -0.25) is 9.80 Å². The zero-order valence-electron chi connectivity index (χ0n) is 17.2. The Kier molecular flexibility index (Phi) is 9.03. The maximum absolute atomic E-state index is 13.4. The van der Waals surface area contributed by atoms with E-state index < -0.39 is 0 Å². The molecular weight excluding hydrogens is 392 g/mol. The van der Waals surface area contributed by atoms with Gasteiger partial charge in [0.1, 0.15) is 11.6 Å². The van der Waals surface area contributed by atoms with Crippen LogP contribution in [-0.4, -0.2) is 48.6 Å². The Morgan fingerprint density at radius 3 is 1.69 bits per heavy atom. The first-order valence-electron chi connectivity index (χ1n) is 10.2. The minimum Gasteiger partial charge on any atom is -0.327 e. The highest BCUT2D eigenvalue weighted by molar-refractivity contribution is 5.85. The summed E-state index contributed by atoms with van der Waals surface area (Å²) >= 11 is 0. The van der Waals surface area contributed by atoms with E-state index in [1.807, 2.05) is 24.3 Å². The first-order valence-corrected chi connectivity index (χ1v) is 10.2. The van der Waals surface area contributed by atoms with Gasteiger partial charge in [0, 0.05) is 38.8 Å². The van der Waals surface area contributed by atoms with E-state index in [2.05, 4.69) is 23.6 Å². The monoisotopic (exact) mass is 423 g/mol. The first kappa shape index (κ1) is 23.7. The van der Waals surface area contributed by atoms with Crippen molar-refractivity contribution in [1.29, 1.82) is 0 Å². The van der Waals surface area contributed by atoms with E-state index in [0.717, 1.165) is 50.3 Å². The average Bonchev–Trinajstić information content (AvgIpc) is 2.66. The molecule has 0 aromatic heterocycles. The van der Waals surface area contributed by atoms with Crippen LogP contribution in [0.5, 0.6) is 0 Å². The fourth-order valence-corrected chi connectivity index (χ4v) is 4.12. The molecule has 6 heteroatoms. The smallest absolute Gasteiger partial charge is 0.123 e. The lowest BCUT2D eigenvalue weighted by atomic mass is 9.96. The molecule has 1 fully saturated rings. The summed E-state index contributed by atoms with van der Waals surface area (Å²) in [5, 5.41) is 0. The predicted molar refractivity (Wildman–Crippen MR) is 117 cm³/mol. The summed E-state index contributed by atoms with van der Waals surface area (Å²) in [6, 6.07) is 13.5. The molecule has 1 aliphatic rings. The lowest BCUT2D eigenvalue weighted by molar-refractivity contribution is 0.103. The summed E-state index contributed by atoms with van der Waals surface area (Å²) in [6.07, 6.45) is 1.04. The maximum Gasteiger partial charge on any atom is 0.123 e. The molecule has 2 N–H and O–H groups in total. The normalized spacial score (nSPS) is 16.8. The van der Waals surface area contributed by atoms with E-state index in [-0.39, 0.29) is 36.1 Å². The SMILES string of the molecule is CC(C)C[C@H](N)CN1CCN(C(c2ccc(F)cc2)c2ccc(F)cc2)CC1.Cl. The van der Waals surface area contributed by atoms with E-state index in [1.165, 1.54) is 24.3 Å². The largest absolute Gasteiger partial charge is 0.327 e. The van der Waals surface area contributed by atoms with Crippen LogP contribution in [0.15, 0.2) is 48.5 Å². The Morgan fingerprint density at radius 2 is 1.28 bits per heavy atom. The minimum atomic E-state index is -0.245. The highest BCUT2D eigenvalue weighted by Gasteiger charge is 2.27. The Morgan fingerprint density at radius 1 is 0.828 bits per heavy atom. The molecule has 0 spiro atoms. The number of halogens is 3. The molecule has 3 nitrogen and oxygen atoms in total. The minimum absolute atomic E-state index is 0. The lowest BCUT2D eigenvalue weighted by Crippen LogP contribution is -2.51. The second kappa shape index (κ2) is 11.0. The van der Waals surface area contributed by atoms with Crippen molar-refractivity contribution in [2.75, 3.05) is 32.7 Å². The molecule has 0 radical (unpaired) electrons. The van der Waals surface area contributed by atoms with Crippen molar-refractivity contribution in [2.45, 2.75) is 32.4 Å². The molecule has 1 saturated heterocycles. The summed E-state index contributed by atoms with van der Waals surface area (Å²) in [4.78, 5) is 4.82. The van der Waals surface area contributed by atoms with Crippen LogP contribution < -0.4 is 5.73 Å². The summed E-state index contributed by atoms with van der Waals surface area (Å²) in [5.41, 5.74) is 8.34. The van der Waals surface area contributed by atoms with Crippen molar-refractivity contribution in [2.24, 2.45) is 11.7 Å². The van der Waals surface area contributed by atoms with Gasteiger partial charge in [-0.25, -0.2) is 8.78 Å². The molecule has 3 rings (SSSR count). The van der Waals surface area contributed by atoms with E-state index >= 15 is 0 Å². The molecule has 0 saturated carbocycles. The van der Waals surface area contributed by atoms with Crippen molar-refractivity contribution in [3.8, 4) is 0 Å². The summed E-state index contributed by atoms with van der Waals surface area (Å²) in [7, 11) is 0. The lowest BCUT2D eigenvalue weighted by Gasteiger charge is -2.40. The third-order valence-electron chi connectivity index (χ3n) is 5.41. The van der Waals surface area contributed by atoms with Crippen molar-refractivity contribution in [1.82, 2.24) is 9.80 Å². The number of nitrogens with zero attached hydrogens (tertiary/aromatic N) is 2. The van der Waals surface area contributed by atoms with Crippen LogP contribution in [0.4, 0.5) is 8.78 Å². The molecular formula is C23H32ClF2N3. The zero-order valence-corrected chi connectivity index (χ0v) is 18.0. The number of hydrogen-bond acceptors (Lipinski definition) is 3. The first-order chi connectivity index (χ1) is 13.4. The van der Waals surface area contributed by atoms with Crippen LogP contribution in [0.1, 0.15) is 37.4 Å². The van der Waals surface area contributed by atoms with Crippen molar-refractivity contribution >= 4 is 12.4 Å². The van der Waals surface area contributed by atoms with Crippen LogP contribution in [0, 0.1) is 17.6 Å². The van der Waals surface area contributed by atoms with Gasteiger partial charge in [-0.2, -0.15) is 0 Å². The van der Waals surface area contributed by atoms with Gasteiger partial charge in [0.25, 0.3) is 0 Å². The van der Waals surface area contributed by atoms with Gasteiger partial charge in [-0.05, 0) is 47.7 Å². The molecule has 0 unspecified atom stereocenters. The Balaban J connectivity index is 0.00000300. The van der Waals surface area contributed by atoms with E-state index in [0.29, 0.717) is 5.92 Å². The zero-order chi connectivity index (χ0) is 20.1. The second-order valence-electron chi connectivity index (χ2n) is 8.23. The molecule has 1 atom stereocenters. The van der Waals surface area contributed by atoms with E-state index in [9.17, 15) is 8.78 Å². The Hall–Kier alpha value is -1.53. The molecule has 2 aromatic rings. The molecule has 0 aliphatic carbocycles. The van der Waals surface area contributed by atoms with Crippen LogP contribution in [0.25, 0.3) is 0 Å². The quantitative estimate of drug-likeness (QED) is 0.713. The maximum atomic E-state index is 13.4. The van der Waals surface area contributed by atoms with Gasteiger partial charge in [0.05, 0.1) is 6.04 Å². The van der Waals surface area contributed by atoms with Crippen molar-refractivity contribution < 1.29 is 8.78 Å². The number of piperazine rings is 1. The number of nitrogens with two attached hydrogens (primary N) is 1. The van der Waals surface area contributed by atoms with Crippen LogP contribution in [0.3, 0.4) is 0 Å². The molecule has 0 bridgehead atoms. The predicted octanol–water partition coefficient (Wildman–Crippen LogP) is 4.47. The van der Waals surface area contributed by atoms with Gasteiger partial charge >= 0.3 is 0 Å². The van der Waals surface area contributed by atoms with Gasteiger partial charge in [-0.15, -0.1) is 12.4 Å². The van der Waals surface area contributed by atoms with Gasteiger partial charge < -0.3 is 5.73 Å². The topological polar surface area (TPSA) is 32.5 Å². The third-order valence-corrected chi connectivity index (χ3v) is 5.41. The van der Waals surface area contributed by atoms with Crippen LogP contribution in [0.2, 0.25) is 0 Å². The highest BCUT2D eigenvalue weighted by atomic mass is 35.5. The third kappa shape index (κ3) is 6.75. The number of benzene rings is 2. The Bertz CT molecular complexity index is 683. The second-order valence-corrected chi connectivity index (χ2v) is 8.23. The summed E-state index contributed by atoms with van der Waals surface area (Å²) in [5.74, 6) is 0.119. The van der Waals surface area contributed by atoms with E-state index in [1.54, 1.807) is 0 Å². The molecule has 29 heavy (non-hydrogen) atoms. The molecule has 160 valence electrons. The average molecular weight is 424 g/mol. The Labute approximate surface area is 179 Å². The standard InChI is InChI=1S/C23H31F2N3.ClH/c1-17(2)15-22(26)16-27-11-13-28(14-12-27)23(18-3-7-20(24)8-4-18)19-5-9-21(25)10-6-19;/h3-10,17,22-23H,11-16,26H2,1-2H3;1H/t22-;/m0./s1. The fourth-order valence-electron chi connectivity index (χ4n) is 4.12. The van der Waals surface area contributed by atoms with Crippen LogP contribution >= 0.6 is 12.4 Å². The van der Waals surface area contributed by atoms with Gasteiger partial charge in [0.15, 0.2) is 0 Å². The number of hydrogen-bond donors (Lipinski definition) is 1. The fraction of sp³-hybridized carbons (Fsp3) is 0.478. The van der Waals surface area contributed by atoms with E-state index in [4.69, 9.17) is 5.73 Å². The number of rotatable bonds is 7. The summed E-state index contributed by atoms with van der Waals surface area (Å²) in [6.45, 7) is 9.02. The molecule has 2 aromatic carbocycles. The highest BCUT2D eigenvalue weighted by Crippen LogP contribution is 2.30. The molecule has 0 amide bonds.